The summed E-state index contributed by atoms with van der Waals surface area (Å²) in [6.45, 7) is 0.669. The van der Waals surface area contributed by atoms with Gasteiger partial charge in [0.15, 0.2) is 0 Å². The van der Waals surface area contributed by atoms with E-state index in [4.69, 9.17) is 17.3 Å². The molecule has 0 bridgehead atoms. The lowest BCUT2D eigenvalue weighted by molar-refractivity contribution is -0.119. The monoisotopic (exact) mass is 210 g/mol. The Balaban J connectivity index is 2.28. The highest BCUT2D eigenvalue weighted by Crippen LogP contribution is 2.30. The van der Waals surface area contributed by atoms with Gasteiger partial charge in [0.1, 0.15) is 0 Å². The van der Waals surface area contributed by atoms with Crippen molar-refractivity contribution < 1.29 is 4.79 Å². The fourth-order valence-corrected chi connectivity index (χ4v) is 2.04. The van der Waals surface area contributed by atoms with E-state index in [2.05, 4.69) is 5.32 Å². The van der Waals surface area contributed by atoms with Crippen molar-refractivity contribution in [1.29, 1.82) is 0 Å². The molecule has 1 saturated heterocycles. The molecular weight excluding hydrogens is 200 g/mol. The van der Waals surface area contributed by atoms with Crippen molar-refractivity contribution in [3.8, 4) is 0 Å². The Morgan fingerprint density at radius 3 is 2.86 bits per heavy atom. The minimum Gasteiger partial charge on any atom is -0.399 e. The molecule has 1 heterocycles. The molecule has 0 aliphatic carbocycles. The van der Waals surface area contributed by atoms with Crippen molar-refractivity contribution in [2.45, 2.75) is 12.3 Å². The zero-order valence-electron chi connectivity index (χ0n) is 7.59. The molecule has 3 nitrogen and oxygen atoms in total. The Hall–Kier alpha value is -1.22. The summed E-state index contributed by atoms with van der Waals surface area (Å²) in [5.41, 5.74) is 7.23. The van der Waals surface area contributed by atoms with E-state index >= 15 is 0 Å². The van der Waals surface area contributed by atoms with Crippen LogP contribution in [0.15, 0.2) is 18.2 Å². The first-order valence-corrected chi connectivity index (χ1v) is 4.86. The maximum absolute atomic E-state index is 11.0. The minimum absolute atomic E-state index is 0.0860. The van der Waals surface area contributed by atoms with Crippen LogP contribution in [0.3, 0.4) is 0 Å². The van der Waals surface area contributed by atoms with Crippen LogP contribution in [0.2, 0.25) is 5.02 Å². The van der Waals surface area contributed by atoms with Gasteiger partial charge in [-0.3, -0.25) is 4.79 Å². The maximum atomic E-state index is 11.0. The quantitative estimate of drug-likeness (QED) is 0.691. The predicted octanol–water partition coefficient (Wildman–Crippen LogP) is 1.53. The third-order valence-electron chi connectivity index (χ3n) is 2.44. The number of nitrogens with one attached hydrogen (secondary N) is 1. The number of anilines is 1. The second-order valence-corrected chi connectivity index (χ2v) is 3.89. The number of halogens is 1. The molecule has 1 aliphatic rings. The first-order chi connectivity index (χ1) is 6.66. The first kappa shape index (κ1) is 9.34. The number of hydrogen-bond acceptors (Lipinski definition) is 2. The third-order valence-corrected chi connectivity index (χ3v) is 2.77. The standard InChI is InChI=1S/C10H11ClN2O/c11-9-4-7(12)1-2-8(9)6-3-10(14)13-5-6/h1-2,4,6H,3,5,12H2,(H,13,14)/t6-/m1/s1. The second kappa shape index (κ2) is 3.50. The summed E-state index contributed by atoms with van der Waals surface area (Å²) in [7, 11) is 0. The molecule has 4 heteroatoms. The summed E-state index contributed by atoms with van der Waals surface area (Å²) in [5.74, 6) is 0.276. The van der Waals surface area contributed by atoms with Gasteiger partial charge in [0.2, 0.25) is 5.91 Å². The Labute approximate surface area is 87.2 Å². The highest BCUT2D eigenvalue weighted by Gasteiger charge is 2.24. The van der Waals surface area contributed by atoms with Gasteiger partial charge in [-0.1, -0.05) is 17.7 Å². The van der Waals surface area contributed by atoms with Crippen molar-refractivity contribution in [2.24, 2.45) is 0 Å². The van der Waals surface area contributed by atoms with Crippen LogP contribution >= 0.6 is 11.6 Å². The average Bonchev–Trinajstić information content (AvgIpc) is 2.51. The molecule has 0 saturated carbocycles. The third kappa shape index (κ3) is 1.68. The van der Waals surface area contributed by atoms with E-state index in [0.717, 1.165) is 5.56 Å². The molecule has 0 spiro atoms. The Kier molecular flexibility index (Phi) is 2.33. The lowest BCUT2D eigenvalue weighted by Crippen LogP contribution is -2.13. The molecule has 1 aromatic carbocycles. The zero-order valence-corrected chi connectivity index (χ0v) is 8.34. The number of hydrogen-bond donors (Lipinski definition) is 2. The highest BCUT2D eigenvalue weighted by molar-refractivity contribution is 6.31. The van der Waals surface area contributed by atoms with Crippen LogP contribution < -0.4 is 11.1 Å². The largest absolute Gasteiger partial charge is 0.399 e. The Morgan fingerprint density at radius 2 is 2.29 bits per heavy atom. The molecule has 2 rings (SSSR count). The lowest BCUT2D eigenvalue weighted by Gasteiger charge is -2.10. The number of nitrogen functional groups attached to an aromatic ring is 1. The summed E-state index contributed by atoms with van der Waals surface area (Å²) in [6, 6.07) is 5.42. The lowest BCUT2D eigenvalue weighted by atomic mass is 9.98. The van der Waals surface area contributed by atoms with E-state index in [1.165, 1.54) is 0 Å². The molecule has 0 aromatic heterocycles. The van der Waals surface area contributed by atoms with Gasteiger partial charge in [-0.25, -0.2) is 0 Å². The van der Waals surface area contributed by atoms with E-state index in [1.807, 2.05) is 12.1 Å². The van der Waals surface area contributed by atoms with Gasteiger partial charge in [-0.15, -0.1) is 0 Å². The van der Waals surface area contributed by atoms with Gasteiger partial charge in [0.25, 0.3) is 0 Å². The topological polar surface area (TPSA) is 55.1 Å². The molecule has 1 amide bonds. The van der Waals surface area contributed by atoms with Crippen LogP contribution in [-0.4, -0.2) is 12.5 Å². The molecule has 1 aliphatic heterocycles. The summed E-state index contributed by atoms with van der Waals surface area (Å²) >= 11 is 6.04. The predicted molar refractivity (Wildman–Crippen MR) is 56.2 cm³/mol. The summed E-state index contributed by atoms with van der Waals surface area (Å²) in [4.78, 5) is 11.0. The SMILES string of the molecule is Nc1ccc([C@H]2CNC(=O)C2)c(Cl)c1. The van der Waals surface area contributed by atoms with Crippen molar-refractivity contribution >= 4 is 23.2 Å². The number of carbonyl (C=O) groups is 1. The summed E-state index contributed by atoms with van der Waals surface area (Å²) in [6.07, 6.45) is 0.517. The first-order valence-electron chi connectivity index (χ1n) is 4.48. The zero-order chi connectivity index (χ0) is 10.1. The van der Waals surface area contributed by atoms with Crippen molar-refractivity contribution in [1.82, 2.24) is 5.32 Å². The highest BCUT2D eigenvalue weighted by atomic mass is 35.5. The van der Waals surface area contributed by atoms with Crippen LogP contribution in [0, 0.1) is 0 Å². The Morgan fingerprint density at radius 1 is 1.50 bits per heavy atom. The van der Waals surface area contributed by atoms with Crippen LogP contribution in [0.5, 0.6) is 0 Å². The van der Waals surface area contributed by atoms with Crippen LogP contribution in [0.1, 0.15) is 17.9 Å². The van der Waals surface area contributed by atoms with Crippen molar-refractivity contribution in [3.63, 3.8) is 0 Å². The average molecular weight is 211 g/mol. The molecule has 1 fully saturated rings. The second-order valence-electron chi connectivity index (χ2n) is 3.49. The van der Waals surface area contributed by atoms with Crippen molar-refractivity contribution in [3.05, 3.63) is 28.8 Å². The van der Waals surface area contributed by atoms with Gasteiger partial charge in [0.05, 0.1) is 0 Å². The molecule has 0 radical (unpaired) electrons. The fourth-order valence-electron chi connectivity index (χ4n) is 1.70. The minimum atomic E-state index is 0.0860. The van der Waals surface area contributed by atoms with E-state index in [9.17, 15) is 4.79 Å². The van der Waals surface area contributed by atoms with E-state index in [0.29, 0.717) is 23.7 Å². The van der Waals surface area contributed by atoms with Gasteiger partial charge in [0, 0.05) is 29.6 Å². The number of nitrogens with two attached hydrogens (primary N) is 1. The van der Waals surface area contributed by atoms with Crippen LogP contribution in [-0.2, 0) is 4.79 Å². The van der Waals surface area contributed by atoms with Gasteiger partial charge in [-0.2, -0.15) is 0 Å². The summed E-state index contributed by atoms with van der Waals surface area (Å²) in [5, 5.41) is 3.43. The molecule has 74 valence electrons. The molecule has 1 atom stereocenters. The Bertz CT molecular complexity index is 378. The van der Waals surface area contributed by atoms with E-state index < -0.39 is 0 Å². The smallest absolute Gasteiger partial charge is 0.220 e. The number of carbonyl (C=O) groups excluding carboxylic acids is 1. The molecule has 3 N–H and O–H groups in total. The molecule has 14 heavy (non-hydrogen) atoms. The van der Waals surface area contributed by atoms with E-state index in [1.54, 1.807) is 6.07 Å². The number of rotatable bonds is 1. The van der Waals surface area contributed by atoms with Gasteiger partial charge in [-0.05, 0) is 17.7 Å². The number of benzene rings is 1. The summed E-state index contributed by atoms with van der Waals surface area (Å²) < 4.78 is 0. The molecule has 0 unspecified atom stereocenters. The van der Waals surface area contributed by atoms with Gasteiger partial charge < -0.3 is 11.1 Å². The van der Waals surface area contributed by atoms with Crippen molar-refractivity contribution in [2.75, 3.05) is 12.3 Å². The van der Waals surface area contributed by atoms with Crippen LogP contribution in [0.25, 0.3) is 0 Å². The van der Waals surface area contributed by atoms with E-state index in [-0.39, 0.29) is 11.8 Å². The maximum Gasteiger partial charge on any atom is 0.220 e. The molecular formula is C10H11ClN2O. The van der Waals surface area contributed by atoms with Crippen LogP contribution in [0.4, 0.5) is 5.69 Å². The molecule has 1 aromatic rings. The van der Waals surface area contributed by atoms with Gasteiger partial charge >= 0.3 is 0 Å². The normalized spacial score (nSPS) is 20.9. The fraction of sp³-hybridized carbons (Fsp3) is 0.300. The number of amides is 1.